The van der Waals surface area contributed by atoms with Crippen LogP contribution in [0.15, 0.2) is 24.3 Å². The zero-order valence-electron chi connectivity index (χ0n) is 9.39. The Morgan fingerprint density at radius 2 is 2.06 bits per heavy atom. The van der Waals surface area contributed by atoms with Gasteiger partial charge in [-0.3, -0.25) is 4.79 Å². The molecule has 0 aromatic heterocycles. The minimum atomic E-state index is -0.181. The molecule has 16 heavy (non-hydrogen) atoms. The van der Waals surface area contributed by atoms with Crippen LogP contribution in [0, 0.1) is 3.57 Å². The summed E-state index contributed by atoms with van der Waals surface area (Å²) in [5.74, 6) is -0.00375. The van der Waals surface area contributed by atoms with Crippen LogP contribution in [-0.4, -0.2) is 16.8 Å². The third-order valence-electron chi connectivity index (χ3n) is 2.29. The molecule has 1 aromatic carbocycles. The van der Waals surface area contributed by atoms with Gasteiger partial charge in [0.15, 0.2) is 0 Å². The van der Waals surface area contributed by atoms with Crippen LogP contribution in [0.1, 0.15) is 30.6 Å². The van der Waals surface area contributed by atoms with Gasteiger partial charge >= 0.3 is 0 Å². The van der Waals surface area contributed by atoms with Gasteiger partial charge in [0.05, 0.1) is 5.56 Å². The highest BCUT2D eigenvalue weighted by Gasteiger charge is 2.21. The summed E-state index contributed by atoms with van der Waals surface area (Å²) in [4.78, 5) is 12.0. The van der Waals surface area contributed by atoms with Crippen LogP contribution in [0.5, 0.6) is 0 Å². The number of hydrogen-bond donors (Lipinski definition) is 1. The lowest BCUT2D eigenvalue weighted by Gasteiger charge is -2.25. The van der Waals surface area contributed by atoms with Gasteiger partial charge in [0.25, 0.3) is 5.91 Å². The van der Waals surface area contributed by atoms with Gasteiger partial charge in [-0.2, -0.15) is 0 Å². The molecule has 0 spiro atoms. The summed E-state index contributed by atoms with van der Waals surface area (Å²) in [6, 6.07) is 7.60. The summed E-state index contributed by atoms with van der Waals surface area (Å²) >= 11 is 5.57. The predicted octanol–water partition coefficient (Wildman–Crippen LogP) is 3.58. The lowest BCUT2D eigenvalue weighted by molar-refractivity contribution is 0.0911. The molecule has 0 aliphatic heterocycles. The third kappa shape index (κ3) is 4.05. The van der Waals surface area contributed by atoms with Crippen LogP contribution in [0.25, 0.3) is 0 Å². The number of amides is 1. The molecule has 1 rings (SSSR count). The molecule has 4 heteroatoms. The molecule has 0 saturated heterocycles. The van der Waals surface area contributed by atoms with E-state index >= 15 is 0 Å². The van der Waals surface area contributed by atoms with Gasteiger partial charge in [-0.05, 0) is 55.0 Å². The number of rotatable bonds is 4. The van der Waals surface area contributed by atoms with Crippen LogP contribution in [0.3, 0.4) is 0 Å². The average Bonchev–Trinajstić information content (AvgIpc) is 2.17. The number of carbonyl (C=O) groups is 1. The van der Waals surface area contributed by atoms with Gasteiger partial charge in [-0.1, -0.05) is 28.1 Å². The van der Waals surface area contributed by atoms with E-state index in [1.54, 1.807) is 0 Å². The Hall–Kier alpha value is -0.100. The Bertz CT molecular complexity index is 379. The summed E-state index contributed by atoms with van der Waals surface area (Å²) < 4.78 is 0.979. The van der Waals surface area contributed by atoms with E-state index in [4.69, 9.17) is 0 Å². The zero-order valence-corrected chi connectivity index (χ0v) is 13.1. The first kappa shape index (κ1) is 14.0. The van der Waals surface area contributed by atoms with Crippen LogP contribution in [0.4, 0.5) is 0 Å². The molecule has 0 unspecified atom stereocenters. The number of benzene rings is 1. The predicted molar refractivity (Wildman–Crippen MR) is 79.1 cm³/mol. The van der Waals surface area contributed by atoms with E-state index in [2.05, 4.69) is 43.8 Å². The molecule has 1 amide bonds. The van der Waals surface area contributed by atoms with E-state index in [0.29, 0.717) is 0 Å². The van der Waals surface area contributed by atoms with Crippen LogP contribution < -0.4 is 5.32 Å². The van der Waals surface area contributed by atoms with Gasteiger partial charge in [-0.25, -0.2) is 0 Å². The fourth-order valence-electron chi connectivity index (χ4n) is 1.32. The van der Waals surface area contributed by atoms with Crippen molar-refractivity contribution >= 4 is 44.4 Å². The number of carbonyl (C=O) groups excluding carboxylic acids is 1. The van der Waals surface area contributed by atoms with Crippen molar-refractivity contribution in [3.63, 3.8) is 0 Å². The van der Waals surface area contributed by atoms with Gasteiger partial charge < -0.3 is 5.32 Å². The highest BCUT2D eigenvalue weighted by atomic mass is 127. The first-order valence-corrected chi connectivity index (χ1v) is 7.29. The van der Waals surface area contributed by atoms with Crippen molar-refractivity contribution in [2.75, 3.05) is 5.33 Å². The molecule has 1 aromatic rings. The fourth-order valence-corrected chi connectivity index (χ4v) is 2.94. The number of nitrogens with one attached hydrogen (secondary N) is 1. The lowest BCUT2D eigenvalue weighted by Crippen LogP contribution is -2.43. The number of hydrogen-bond acceptors (Lipinski definition) is 1. The standard InChI is InChI=1S/C12H15BrINO/c1-12(2,7-8-13)15-11(16)9-5-3-4-6-10(9)14/h3-6H,7-8H2,1-2H3,(H,15,16). The summed E-state index contributed by atoms with van der Waals surface area (Å²) in [5, 5.41) is 3.92. The van der Waals surface area contributed by atoms with E-state index < -0.39 is 0 Å². The maximum Gasteiger partial charge on any atom is 0.252 e. The van der Waals surface area contributed by atoms with Crippen molar-refractivity contribution in [1.29, 1.82) is 0 Å². The average molecular weight is 396 g/mol. The van der Waals surface area contributed by atoms with Crippen molar-refractivity contribution in [3.8, 4) is 0 Å². The largest absolute Gasteiger partial charge is 0.347 e. The summed E-state index contributed by atoms with van der Waals surface area (Å²) in [6.45, 7) is 4.06. The molecule has 0 radical (unpaired) electrons. The molecular weight excluding hydrogens is 381 g/mol. The third-order valence-corrected chi connectivity index (χ3v) is 3.63. The molecule has 0 bridgehead atoms. The second-order valence-electron chi connectivity index (χ2n) is 4.26. The highest BCUT2D eigenvalue weighted by Crippen LogP contribution is 2.15. The van der Waals surface area contributed by atoms with E-state index in [9.17, 15) is 4.79 Å². The zero-order chi connectivity index (χ0) is 12.2. The number of halogens is 2. The minimum Gasteiger partial charge on any atom is -0.347 e. The van der Waals surface area contributed by atoms with Gasteiger partial charge in [0, 0.05) is 14.4 Å². The Morgan fingerprint density at radius 3 is 2.62 bits per heavy atom. The van der Waals surface area contributed by atoms with E-state index in [-0.39, 0.29) is 11.4 Å². The van der Waals surface area contributed by atoms with Crippen molar-refractivity contribution < 1.29 is 4.79 Å². The smallest absolute Gasteiger partial charge is 0.252 e. The van der Waals surface area contributed by atoms with E-state index in [0.717, 1.165) is 20.9 Å². The molecular formula is C12H15BrINO. The number of alkyl halides is 1. The van der Waals surface area contributed by atoms with Crippen molar-refractivity contribution in [2.45, 2.75) is 25.8 Å². The second kappa shape index (κ2) is 6.00. The molecule has 2 nitrogen and oxygen atoms in total. The van der Waals surface area contributed by atoms with Gasteiger partial charge in [-0.15, -0.1) is 0 Å². The Balaban J connectivity index is 2.77. The minimum absolute atomic E-state index is 0.00375. The summed E-state index contributed by atoms with van der Waals surface area (Å²) in [6.07, 6.45) is 0.905. The van der Waals surface area contributed by atoms with Crippen LogP contribution in [0.2, 0.25) is 0 Å². The van der Waals surface area contributed by atoms with Crippen molar-refractivity contribution in [2.24, 2.45) is 0 Å². The quantitative estimate of drug-likeness (QED) is 0.612. The Labute approximate surface area is 118 Å². The van der Waals surface area contributed by atoms with E-state index in [1.807, 2.05) is 38.1 Å². The second-order valence-corrected chi connectivity index (χ2v) is 6.21. The Kier molecular flexibility index (Phi) is 5.24. The molecule has 0 heterocycles. The van der Waals surface area contributed by atoms with Crippen LogP contribution in [-0.2, 0) is 0 Å². The maximum absolute atomic E-state index is 12.0. The first-order chi connectivity index (χ1) is 7.46. The van der Waals surface area contributed by atoms with Crippen molar-refractivity contribution in [3.05, 3.63) is 33.4 Å². The Morgan fingerprint density at radius 1 is 1.44 bits per heavy atom. The SMILES string of the molecule is CC(C)(CCBr)NC(=O)c1ccccc1I. The normalized spacial score (nSPS) is 11.2. The monoisotopic (exact) mass is 395 g/mol. The molecule has 0 saturated carbocycles. The lowest BCUT2D eigenvalue weighted by atomic mass is 10.0. The van der Waals surface area contributed by atoms with Gasteiger partial charge in [0.2, 0.25) is 0 Å². The molecule has 1 N–H and O–H groups in total. The fraction of sp³-hybridized carbons (Fsp3) is 0.417. The van der Waals surface area contributed by atoms with Crippen molar-refractivity contribution in [1.82, 2.24) is 5.32 Å². The molecule has 0 aliphatic rings. The van der Waals surface area contributed by atoms with Crippen LogP contribution >= 0.6 is 38.5 Å². The topological polar surface area (TPSA) is 29.1 Å². The summed E-state index contributed by atoms with van der Waals surface area (Å²) in [5.41, 5.74) is 0.560. The van der Waals surface area contributed by atoms with E-state index in [1.165, 1.54) is 0 Å². The maximum atomic E-state index is 12.0. The molecule has 0 fully saturated rings. The molecule has 0 aliphatic carbocycles. The molecule has 0 atom stereocenters. The molecule has 88 valence electrons. The summed E-state index contributed by atoms with van der Waals surface area (Å²) in [7, 11) is 0. The first-order valence-electron chi connectivity index (χ1n) is 5.09. The highest BCUT2D eigenvalue weighted by molar-refractivity contribution is 14.1. The van der Waals surface area contributed by atoms with Gasteiger partial charge in [0.1, 0.15) is 0 Å².